The van der Waals surface area contributed by atoms with E-state index in [9.17, 15) is 44.3 Å². The number of aliphatic carboxylic acids is 1. The van der Waals surface area contributed by atoms with E-state index in [0.717, 1.165) is 6.08 Å². The molecule has 0 aliphatic heterocycles. The maximum atomic E-state index is 17.2. The highest BCUT2D eigenvalue weighted by molar-refractivity contribution is 6.01. The highest BCUT2D eigenvalue weighted by Crippen LogP contribution is 2.69. The van der Waals surface area contributed by atoms with Crippen LogP contribution in [0.1, 0.15) is 71.6 Å². The first kappa shape index (κ1) is 35.1. The van der Waals surface area contributed by atoms with Crippen molar-refractivity contribution in [2.45, 2.75) is 95.6 Å². The third-order valence-corrected chi connectivity index (χ3v) is 10.6. The monoisotopic (exact) mass is 654 g/mol. The summed E-state index contributed by atoms with van der Waals surface area (Å²) in [5.74, 6) is -6.26. The van der Waals surface area contributed by atoms with E-state index in [1.807, 2.05) is 0 Å². The van der Waals surface area contributed by atoms with Crippen LogP contribution in [-0.2, 0) is 33.5 Å². The number of carbonyl (C=O) groups is 5. The molecule has 46 heavy (non-hydrogen) atoms. The second-order valence-electron chi connectivity index (χ2n) is 13.2. The number of carbonyl (C=O) groups excluding carboxylic acids is 4. The van der Waals surface area contributed by atoms with Crippen molar-refractivity contribution in [3.05, 3.63) is 33.9 Å². The lowest BCUT2D eigenvalue weighted by Crippen LogP contribution is -2.68. The molecular weight excluding hydrogens is 614 g/mol. The minimum absolute atomic E-state index is 0.00934. The smallest absolute Gasteiger partial charge is 0.326 e. The molecule has 13 nitrogen and oxygen atoms in total. The number of amides is 1. The largest absolute Gasteiger partial charge is 0.480 e. The Kier molecular flexibility index (Phi) is 10.3. The number of halogens is 2. The summed E-state index contributed by atoms with van der Waals surface area (Å²) >= 11 is 0. The predicted molar refractivity (Wildman–Crippen MR) is 154 cm³/mol. The molecule has 0 bridgehead atoms. The van der Waals surface area contributed by atoms with Crippen LogP contribution in [0.4, 0.5) is 8.78 Å². The molecular formula is C31H40F2N2O11. The predicted octanol–water partition coefficient (Wildman–Crippen LogP) is 2.76. The van der Waals surface area contributed by atoms with Crippen molar-refractivity contribution in [2.75, 3.05) is 13.2 Å². The van der Waals surface area contributed by atoms with Gasteiger partial charge in [-0.25, -0.2) is 13.6 Å². The molecule has 0 heterocycles. The molecule has 15 heteroatoms. The summed E-state index contributed by atoms with van der Waals surface area (Å²) in [7, 11) is 0. The van der Waals surface area contributed by atoms with Crippen molar-refractivity contribution in [2.24, 2.45) is 28.6 Å². The van der Waals surface area contributed by atoms with Gasteiger partial charge in [-0.3, -0.25) is 19.2 Å². The summed E-state index contributed by atoms with van der Waals surface area (Å²) in [6.07, 6.45) is 1.01. The van der Waals surface area contributed by atoms with Crippen LogP contribution >= 0.6 is 0 Å². The number of ether oxygens (including phenoxy) is 1. The van der Waals surface area contributed by atoms with Crippen LogP contribution in [0, 0.1) is 38.7 Å². The van der Waals surface area contributed by atoms with E-state index in [0.29, 0.717) is 32.1 Å². The number of nitrogens with one attached hydrogen (secondary N) is 1. The molecule has 3 fully saturated rings. The molecule has 3 N–H and O–H groups in total. The molecule has 0 aromatic heterocycles. The van der Waals surface area contributed by atoms with Crippen LogP contribution in [0.2, 0.25) is 0 Å². The lowest BCUT2D eigenvalue weighted by molar-refractivity contribution is -0.757. The van der Waals surface area contributed by atoms with E-state index in [1.54, 1.807) is 6.92 Å². The van der Waals surface area contributed by atoms with Crippen LogP contribution in [0.25, 0.3) is 0 Å². The normalized spacial score (nSPS) is 35.1. The van der Waals surface area contributed by atoms with Gasteiger partial charge in [-0.15, -0.1) is 10.1 Å². The van der Waals surface area contributed by atoms with Gasteiger partial charge in [-0.1, -0.05) is 19.4 Å². The average molecular weight is 655 g/mol. The van der Waals surface area contributed by atoms with Gasteiger partial charge in [0.2, 0.25) is 5.91 Å². The molecule has 0 aromatic carbocycles. The van der Waals surface area contributed by atoms with Crippen molar-refractivity contribution in [3.63, 3.8) is 0 Å². The zero-order chi connectivity index (χ0) is 34.0. The number of hydrogen-bond donors (Lipinski definition) is 3. The van der Waals surface area contributed by atoms with Gasteiger partial charge in [0.1, 0.15) is 18.8 Å². The number of unbranched alkanes of at least 4 members (excludes halogenated alkanes) is 2. The zero-order valence-corrected chi connectivity index (χ0v) is 25.7. The molecule has 0 saturated heterocycles. The molecule has 0 spiro atoms. The Morgan fingerprint density at radius 3 is 2.57 bits per heavy atom. The molecule has 9 atom stereocenters. The molecule has 0 aromatic rings. The fourth-order valence-electron chi connectivity index (χ4n) is 8.38. The number of hydrogen-bond acceptors (Lipinski definition) is 10. The zero-order valence-electron chi connectivity index (χ0n) is 25.7. The maximum Gasteiger partial charge on any atom is 0.326 e. The Labute approximate surface area is 263 Å². The number of aliphatic hydroxyl groups excluding tert-OH is 1. The number of carboxylic acid groups (broad SMARTS) is 1. The van der Waals surface area contributed by atoms with Gasteiger partial charge in [-0.2, -0.15) is 0 Å². The highest BCUT2D eigenvalue weighted by atomic mass is 19.1. The summed E-state index contributed by atoms with van der Waals surface area (Å²) < 4.78 is 37.8. The first-order chi connectivity index (χ1) is 21.5. The van der Waals surface area contributed by atoms with E-state index in [1.165, 1.54) is 19.1 Å². The Morgan fingerprint density at radius 1 is 1.17 bits per heavy atom. The Hall–Kier alpha value is -3.75. The van der Waals surface area contributed by atoms with E-state index in [2.05, 4.69) is 10.2 Å². The maximum absolute atomic E-state index is 17.2. The van der Waals surface area contributed by atoms with Gasteiger partial charge in [0, 0.05) is 23.7 Å². The number of nitrogens with zero attached hydrogens (tertiary/aromatic N) is 1. The number of esters is 1. The molecule has 3 saturated carbocycles. The van der Waals surface area contributed by atoms with Crippen molar-refractivity contribution in [1.29, 1.82) is 0 Å². The fourth-order valence-corrected chi connectivity index (χ4v) is 8.38. The molecule has 4 rings (SSSR count). The second kappa shape index (κ2) is 13.5. The third kappa shape index (κ3) is 6.56. The lowest BCUT2D eigenvalue weighted by Gasteiger charge is -2.62. The molecule has 254 valence electrons. The summed E-state index contributed by atoms with van der Waals surface area (Å²) in [5.41, 5.74) is -4.72. The van der Waals surface area contributed by atoms with Crippen molar-refractivity contribution < 1.29 is 57.6 Å². The van der Waals surface area contributed by atoms with E-state index in [4.69, 9.17) is 4.74 Å². The van der Waals surface area contributed by atoms with Gasteiger partial charge in [0.05, 0.1) is 19.1 Å². The number of aliphatic hydroxyl groups is 1. The van der Waals surface area contributed by atoms with Crippen molar-refractivity contribution in [3.8, 4) is 0 Å². The fraction of sp³-hybridized carbons (Fsp3) is 0.710. The van der Waals surface area contributed by atoms with Crippen LogP contribution in [0.3, 0.4) is 0 Å². The highest BCUT2D eigenvalue weighted by Gasteiger charge is 2.72. The summed E-state index contributed by atoms with van der Waals surface area (Å²) in [5, 5.41) is 32.2. The first-order valence-corrected chi connectivity index (χ1v) is 15.5. The number of carboxylic acids is 1. The van der Waals surface area contributed by atoms with Gasteiger partial charge < -0.3 is 25.1 Å². The van der Waals surface area contributed by atoms with Gasteiger partial charge in [0.25, 0.3) is 5.09 Å². The van der Waals surface area contributed by atoms with E-state index < -0.39 is 100 Å². The lowest BCUT2D eigenvalue weighted by atomic mass is 9.45. The van der Waals surface area contributed by atoms with Crippen molar-refractivity contribution in [1.82, 2.24) is 5.32 Å². The number of Topliss-reactive ketones (excluding diaryl/α,β-unsaturated/α-hetero) is 1. The topological polar surface area (TPSA) is 199 Å². The molecule has 0 radical (unpaired) electrons. The average Bonchev–Trinajstić information content (AvgIpc) is 3.32. The summed E-state index contributed by atoms with van der Waals surface area (Å²) in [4.78, 5) is 75.9. The Morgan fingerprint density at radius 2 is 1.89 bits per heavy atom. The molecule has 4 aliphatic carbocycles. The molecule has 4 aliphatic rings. The van der Waals surface area contributed by atoms with E-state index >= 15 is 8.78 Å². The van der Waals surface area contributed by atoms with Crippen LogP contribution in [0.5, 0.6) is 0 Å². The summed E-state index contributed by atoms with van der Waals surface area (Å²) in [6.45, 7) is 2.42. The Balaban J connectivity index is 1.33. The van der Waals surface area contributed by atoms with Crippen molar-refractivity contribution >= 4 is 29.4 Å². The number of ketones is 2. The quantitative estimate of drug-likeness (QED) is 0.108. The first-order valence-electron chi connectivity index (χ1n) is 15.5. The SMILES string of the molecule is CC12CC(O)[C@@]3(F)C(C[C@H](F)C4=CC(=O)C=CC43C)C1CCC2C(=O)COC(=O)CC(NC(=O)CCCCCO[N+](=O)[O-])C(=O)O. The van der Waals surface area contributed by atoms with Crippen LogP contribution < -0.4 is 5.32 Å². The Bertz CT molecular complexity index is 1340. The third-order valence-electron chi connectivity index (χ3n) is 10.6. The number of alkyl halides is 2. The number of rotatable bonds is 14. The van der Waals surface area contributed by atoms with E-state index in [-0.39, 0.29) is 31.4 Å². The minimum atomic E-state index is -2.27. The summed E-state index contributed by atoms with van der Waals surface area (Å²) in [6, 6.07) is -1.61. The van der Waals surface area contributed by atoms with Crippen LogP contribution in [-0.4, -0.2) is 81.9 Å². The van der Waals surface area contributed by atoms with Crippen LogP contribution in [0.15, 0.2) is 23.8 Å². The van der Waals surface area contributed by atoms with Gasteiger partial charge in [-0.05, 0) is 74.5 Å². The standard InChI is InChI=1S/C31H40F2N2O11/c1-29-15-25(38)31(33)20(13-22(32)21-12-17(36)9-10-30(21,31)2)18(29)7-8-19(29)24(37)16-45-27(40)14-23(28(41)42)34-26(39)6-4-3-5-11-46-35(43)44/h9-10,12,18-20,22-23,25,38H,3-8,11,13-16H2,1-2H3,(H,34,39)(H,41,42)/t18?,19?,20?,22-,23?,25?,29?,30?,31-/m0/s1. The number of allylic oxidation sites excluding steroid dienone is 4. The molecule has 7 unspecified atom stereocenters. The minimum Gasteiger partial charge on any atom is -0.480 e. The molecule has 1 amide bonds. The van der Waals surface area contributed by atoms with Gasteiger partial charge in [0.15, 0.2) is 17.2 Å². The second-order valence-corrected chi connectivity index (χ2v) is 13.2. The van der Waals surface area contributed by atoms with Gasteiger partial charge >= 0.3 is 11.9 Å². The number of fused-ring (bicyclic) bond motifs is 5.